The summed E-state index contributed by atoms with van der Waals surface area (Å²) in [6.45, 7) is 4.13. The number of aromatic nitrogens is 3. The third kappa shape index (κ3) is 3.05. The maximum absolute atomic E-state index is 4.55. The molecular formula is C17H18N4. The fourth-order valence-electron chi connectivity index (χ4n) is 2.08. The van der Waals surface area contributed by atoms with Gasteiger partial charge in [0.1, 0.15) is 0 Å². The molecule has 0 unspecified atom stereocenters. The Morgan fingerprint density at radius 1 is 1.05 bits per heavy atom. The first kappa shape index (κ1) is 13.2. The van der Waals surface area contributed by atoms with Crippen molar-refractivity contribution in [2.45, 2.75) is 13.8 Å². The predicted molar refractivity (Wildman–Crippen MR) is 86.6 cm³/mol. The molecule has 0 amide bonds. The average molecular weight is 278 g/mol. The number of anilines is 2. The minimum atomic E-state index is 0. The smallest absolute Gasteiger partial charge is 0.227 e. The number of nitrogens with zero attached hydrogens (tertiary/aromatic N) is 3. The van der Waals surface area contributed by atoms with Crippen molar-refractivity contribution in [1.29, 1.82) is 0 Å². The van der Waals surface area contributed by atoms with Crippen molar-refractivity contribution < 1.29 is 1.43 Å². The fourth-order valence-corrected chi connectivity index (χ4v) is 2.08. The van der Waals surface area contributed by atoms with Crippen LogP contribution in [0.15, 0.2) is 55.0 Å². The lowest BCUT2D eigenvalue weighted by Gasteiger charge is -2.10. The van der Waals surface area contributed by atoms with E-state index in [4.69, 9.17) is 0 Å². The summed E-state index contributed by atoms with van der Waals surface area (Å²) in [7, 11) is 0. The lowest BCUT2D eigenvalue weighted by molar-refractivity contribution is 1.16. The molecule has 0 aliphatic carbocycles. The van der Waals surface area contributed by atoms with Gasteiger partial charge in [0.05, 0.1) is 5.69 Å². The molecule has 2 aromatic heterocycles. The minimum Gasteiger partial charge on any atom is -0.324 e. The Kier molecular flexibility index (Phi) is 3.60. The summed E-state index contributed by atoms with van der Waals surface area (Å²) in [5.41, 5.74) is 5.22. The molecule has 0 fully saturated rings. The van der Waals surface area contributed by atoms with E-state index in [-0.39, 0.29) is 1.43 Å². The molecule has 3 aromatic rings. The predicted octanol–water partition coefficient (Wildman–Crippen LogP) is 4.15. The van der Waals surface area contributed by atoms with Crippen LogP contribution in [0.4, 0.5) is 11.6 Å². The molecule has 1 aromatic carbocycles. The molecule has 0 bridgehead atoms. The Morgan fingerprint density at radius 3 is 2.76 bits per heavy atom. The van der Waals surface area contributed by atoms with Crippen molar-refractivity contribution in [1.82, 2.24) is 15.0 Å². The van der Waals surface area contributed by atoms with Crippen molar-refractivity contribution >= 4 is 11.6 Å². The molecule has 0 aliphatic rings. The van der Waals surface area contributed by atoms with E-state index in [0.29, 0.717) is 5.95 Å². The Bertz CT molecular complexity index is 760. The largest absolute Gasteiger partial charge is 0.324 e. The number of rotatable bonds is 3. The summed E-state index contributed by atoms with van der Waals surface area (Å²) in [6.07, 6.45) is 5.30. The first-order chi connectivity index (χ1) is 10.2. The molecule has 106 valence electrons. The summed E-state index contributed by atoms with van der Waals surface area (Å²) in [5.74, 6) is 0.588. The van der Waals surface area contributed by atoms with Gasteiger partial charge in [-0.1, -0.05) is 12.1 Å². The normalized spacial score (nSPS) is 10.4. The highest BCUT2D eigenvalue weighted by molar-refractivity contribution is 5.63. The molecule has 1 N–H and O–H groups in total. The van der Waals surface area contributed by atoms with Gasteiger partial charge in [0, 0.05) is 31.3 Å². The zero-order valence-electron chi connectivity index (χ0n) is 12.0. The highest BCUT2D eigenvalue weighted by Crippen LogP contribution is 2.21. The van der Waals surface area contributed by atoms with Crippen LogP contribution in [0.3, 0.4) is 0 Å². The Balaban J connectivity index is 0.00000176. The quantitative estimate of drug-likeness (QED) is 0.782. The standard InChI is InChI=1S/C17H16N4.H2/c1-12-5-6-13(2)16(10-12)21-17-19-9-7-15(20-17)14-4-3-8-18-11-14;/h3-11H,1-2H3,(H,19,20,21);1H. The Morgan fingerprint density at radius 2 is 1.95 bits per heavy atom. The van der Waals surface area contributed by atoms with Gasteiger partial charge in [-0.25, -0.2) is 9.97 Å². The third-order valence-electron chi connectivity index (χ3n) is 3.25. The summed E-state index contributed by atoms with van der Waals surface area (Å²) in [4.78, 5) is 13.0. The van der Waals surface area contributed by atoms with Gasteiger partial charge in [0.15, 0.2) is 0 Å². The molecule has 2 heterocycles. The summed E-state index contributed by atoms with van der Waals surface area (Å²) >= 11 is 0. The minimum absolute atomic E-state index is 0. The summed E-state index contributed by atoms with van der Waals surface area (Å²) < 4.78 is 0. The van der Waals surface area contributed by atoms with Gasteiger partial charge in [-0.15, -0.1) is 0 Å². The molecule has 0 aliphatic heterocycles. The zero-order chi connectivity index (χ0) is 14.7. The topological polar surface area (TPSA) is 50.7 Å². The van der Waals surface area contributed by atoms with Crippen molar-refractivity contribution in [3.63, 3.8) is 0 Å². The number of benzene rings is 1. The van der Waals surface area contributed by atoms with E-state index >= 15 is 0 Å². The highest BCUT2D eigenvalue weighted by Gasteiger charge is 2.04. The van der Waals surface area contributed by atoms with E-state index in [1.807, 2.05) is 18.2 Å². The molecule has 0 saturated heterocycles. The van der Waals surface area contributed by atoms with Gasteiger partial charge in [-0.3, -0.25) is 4.98 Å². The van der Waals surface area contributed by atoms with E-state index < -0.39 is 0 Å². The number of pyridine rings is 1. The first-order valence-electron chi connectivity index (χ1n) is 6.80. The van der Waals surface area contributed by atoms with Crippen LogP contribution < -0.4 is 5.32 Å². The second-order valence-electron chi connectivity index (χ2n) is 4.95. The zero-order valence-corrected chi connectivity index (χ0v) is 12.0. The van der Waals surface area contributed by atoms with Crippen molar-refractivity contribution in [3.8, 4) is 11.3 Å². The molecule has 21 heavy (non-hydrogen) atoms. The van der Waals surface area contributed by atoms with Crippen LogP contribution in [-0.4, -0.2) is 15.0 Å². The van der Waals surface area contributed by atoms with Crippen molar-refractivity contribution in [2.75, 3.05) is 5.32 Å². The van der Waals surface area contributed by atoms with Crippen molar-refractivity contribution in [3.05, 3.63) is 66.1 Å². The van der Waals surface area contributed by atoms with E-state index in [1.54, 1.807) is 18.6 Å². The summed E-state index contributed by atoms with van der Waals surface area (Å²) in [6, 6.07) is 12.0. The monoisotopic (exact) mass is 278 g/mol. The maximum Gasteiger partial charge on any atom is 0.227 e. The molecular weight excluding hydrogens is 260 g/mol. The van der Waals surface area contributed by atoms with Crippen LogP contribution in [0.5, 0.6) is 0 Å². The molecule has 3 rings (SSSR count). The maximum atomic E-state index is 4.55. The Hall–Kier alpha value is -2.75. The number of hydrogen-bond acceptors (Lipinski definition) is 4. The van der Waals surface area contributed by atoms with Gasteiger partial charge in [-0.05, 0) is 49.2 Å². The van der Waals surface area contributed by atoms with Gasteiger partial charge in [0.25, 0.3) is 0 Å². The van der Waals surface area contributed by atoms with Crippen LogP contribution in [0, 0.1) is 13.8 Å². The van der Waals surface area contributed by atoms with Crippen LogP contribution in [0.1, 0.15) is 12.6 Å². The number of nitrogens with one attached hydrogen (secondary N) is 1. The molecule has 4 nitrogen and oxygen atoms in total. The van der Waals surface area contributed by atoms with Gasteiger partial charge < -0.3 is 5.32 Å². The first-order valence-corrected chi connectivity index (χ1v) is 6.80. The number of aryl methyl sites for hydroxylation is 2. The molecule has 0 spiro atoms. The molecule has 0 atom stereocenters. The van der Waals surface area contributed by atoms with E-state index in [9.17, 15) is 0 Å². The fraction of sp³-hybridized carbons (Fsp3) is 0.118. The van der Waals surface area contributed by atoms with Crippen LogP contribution >= 0.6 is 0 Å². The van der Waals surface area contributed by atoms with E-state index in [2.05, 4.69) is 52.3 Å². The summed E-state index contributed by atoms with van der Waals surface area (Å²) in [5, 5.41) is 3.28. The van der Waals surface area contributed by atoms with Gasteiger partial charge in [0.2, 0.25) is 5.95 Å². The lowest BCUT2D eigenvalue weighted by Crippen LogP contribution is -1.99. The van der Waals surface area contributed by atoms with E-state index in [1.165, 1.54) is 5.56 Å². The van der Waals surface area contributed by atoms with Gasteiger partial charge in [-0.2, -0.15) is 0 Å². The second-order valence-corrected chi connectivity index (χ2v) is 4.95. The molecule has 4 heteroatoms. The number of hydrogen-bond donors (Lipinski definition) is 1. The average Bonchev–Trinajstić information content (AvgIpc) is 2.52. The second kappa shape index (κ2) is 5.71. The SMILES string of the molecule is Cc1ccc(C)c(Nc2nccc(-c3cccnc3)n2)c1.[HH]. The van der Waals surface area contributed by atoms with Crippen LogP contribution in [0.2, 0.25) is 0 Å². The van der Waals surface area contributed by atoms with Crippen LogP contribution in [0.25, 0.3) is 11.3 Å². The molecule has 0 saturated carbocycles. The van der Waals surface area contributed by atoms with Crippen LogP contribution in [-0.2, 0) is 0 Å². The third-order valence-corrected chi connectivity index (χ3v) is 3.25. The Labute approximate surface area is 125 Å². The molecule has 0 radical (unpaired) electrons. The lowest BCUT2D eigenvalue weighted by atomic mass is 10.1. The highest BCUT2D eigenvalue weighted by atomic mass is 15.1. The van der Waals surface area contributed by atoms with Crippen molar-refractivity contribution in [2.24, 2.45) is 0 Å². The van der Waals surface area contributed by atoms with Gasteiger partial charge >= 0.3 is 0 Å². The van der Waals surface area contributed by atoms with E-state index in [0.717, 1.165) is 22.5 Å².